The van der Waals surface area contributed by atoms with Crippen molar-refractivity contribution < 1.29 is 29.0 Å². The van der Waals surface area contributed by atoms with Crippen LogP contribution in [-0.4, -0.2) is 112 Å². The number of carbonyl (C=O) groups excluding carboxylic acids is 1. The fourth-order valence-electron chi connectivity index (χ4n) is 3.91. The molecule has 2 fully saturated rings. The van der Waals surface area contributed by atoms with Crippen molar-refractivity contribution >= 4 is 22.9 Å². The van der Waals surface area contributed by atoms with Gasteiger partial charge in [0, 0.05) is 6.42 Å². The van der Waals surface area contributed by atoms with Crippen molar-refractivity contribution in [3.8, 4) is 0 Å². The van der Waals surface area contributed by atoms with Crippen LogP contribution in [0, 0.1) is 0 Å². The molecule has 0 unspecified atom stereocenters. The summed E-state index contributed by atoms with van der Waals surface area (Å²) >= 11 is 0. The highest BCUT2D eigenvalue weighted by Crippen LogP contribution is 2.24. The number of ether oxygens (including phenoxy) is 2. The van der Waals surface area contributed by atoms with Gasteiger partial charge in [0.05, 0.1) is 39.2 Å². The van der Waals surface area contributed by atoms with Gasteiger partial charge in [0.25, 0.3) is 5.91 Å². The zero-order chi connectivity index (χ0) is 21.1. The molecule has 12 nitrogen and oxygen atoms in total. The molecule has 5 N–H and O–H groups in total. The summed E-state index contributed by atoms with van der Waals surface area (Å²) in [5, 5.41) is 26.4. The van der Waals surface area contributed by atoms with E-state index >= 15 is 0 Å². The summed E-state index contributed by atoms with van der Waals surface area (Å²) in [4.78, 5) is 27.8. The fourth-order valence-corrected chi connectivity index (χ4v) is 3.91. The molecule has 0 saturated carbocycles. The molecule has 30 heavy (non-hydrogen) atoms. The molecule has 2 aliphatic heterocycles. The zero-order valence-electron chi connectivity index (χ0n) is 16.8. The molecule has 2 saturated heterocycles. The number of amides is 1. The Bertz CT molecular complexity index is 871. The number of nitrogens with one attached hydrogen (secondary N) is 3. The molecular weight excluding hydrogens is 394 g/mol. The van der Waals surface area contributed by atoms with Crippen LogP contribution in [0.15, 0.2) is 12.7 Å². The molecule has 0 radical (unpaired) electrons. The minimum Gasteiger partial charge on any atom is -0.394 e. The number of aliphatic hydroxyl groups excluding tert-OH is 2. The van der Waals surface area contributed by atoms with Crippen LogP contribution in [0.3, 0.4) is 0 Å². The van der Waals surface area contributed by atoms with Crippen LogP contribution in [0.25, 0.3) is 11.2 Å². The minimum absolute atomic E-state index is 0.139. The van der Waals surface area contributed by atoms with Crippen molar-refractivity contribution in [1.29, 1.82) is 0 Å². The molecule has 2 aromatic heterocycles. The lowest BCUT2D eigenvalue weighted by molar-refractivity contribution is -0.909. The Kier molecular flexibility index (Phi) is 6.11. The van der Waals surface area contributed by atoms with Gasteiger partial charge in [0.15, 0.2) is 24.2 Å². The second kappa shape index (κ2) is 8.78. The number of anilines is 1. The largest absolute Gasteiger partial charge is 0.394 e. The summed E-state index contributed by atoms with van der Waals surface area (Å²) in [5.41, 5.74) is 1.08. The van der Waals surface area contributed by atoms with Gasteiger partial charge in [0.1, 0.15) is 37.1 Å². The van der Waals surface area contributed by atoms with E-state index in [0.717, 1.165) is 13.1 Å². The minimum atomic E-state index is -0.917. The van der Waals surface area contributed by atoms with Crippen LogP contribution in [-0.2, 0) is 14.3 Å². The lowest BCUT2D eigenvalue weighted by Crippen LogP contribution is -2.61. The molecule has 2 aliphatic rings. The van der Waals surface area contributed by atoms with Gasteiger partial charge < -0.3 is 39.8 Å². The van der Waals surface area contributed by atoms with E-state index in [2.05, 4.69) is 30.6 Å². The Morgan fingerprint density at radius 1 is 1.33 bits per heavy atom. The highest BCUT2D eigenvalue weighted by atomic mass is 16.5. The van der Waals surface area contributed by atoms with E-state index in [1.807, 2.05) is 7.05 Å². The molecule has 4 atom stereocenters. The SMILES string of the molecule is C[N+]1(CC(=O)N[C@@H]2C[C@H](O)[C@@H](Nc3ncnc4nc[nH]c34)O[C@H]2CO)CCOCC1. The second-order valence-corrected chi connectivity index (χ2v) is 8.06. The number of aromatic nitrogens is 4. The number of fused-ring (bicyclic) bond motifs is 1. The Hall–Kier alpha value is -2.38. The smallest absolute Gasteiger partial charge is 0.275 e. The number of H-pyrrole nitrogens is 1. The Balaban J connectivity index is 1.38. The topological polar surface area (TPSA) is 155 Å². The molecule has 4 heterocycles. The van der Waals surface area contributed by atoms with Gasteiger partial charge in [0.2, 0.25) is 0 Å². The third kappa shape index (κ3) is 4.52. The molecule has 4 rings (SSSR count). The normalized spacial score (nSPS) is 28.9. The van der Waals surface area contributed by atoms with Crippen LogP contribution in [0.5, 0.6) is 0 Å². The number of imidazole rings is 1. The predicted molar refractivity (Wildman–Crippen MR) is 105 cm³/mol. The third-order valence-corrected chi connectivity index (χ3v) is 5.72. The number of nitrogens with zero attached hydrogens (tertiary/aromatic N) is 4. The molecule has 0 aromatic carbocycles. The first-order chi connectivity index (χ1) is 14.5. The molecule has 0 bridgehead atoms. The molecule has 12 heteroatoms. The van der Waals surface area contributed by atoms with E-state index in [1.54, 1.807) is 0 Å². The number of carbonyl (C=O) groups is 1. The summed E-state index contributed by atoms with van der Waals surface area (Å²) < 4.78 is 11.8. The van der Waals surface area contributed by atoms with Crippen molar-refractivity contribution in [2.75, 3.05) is 51.8 Å². The van der Waals surface area contributed by atoms with Crippen LogP contribution in [0.2, 0.25) is 0 Å². The predicted octanol–water partition coefficient (Wildman–Crippen LogP) is -1.81. The number of rotatable bonds is 6. The Morgan fingerprint density at radius 3 is 2.90 bits per heavy atom. The lowest BCUT2D eigenvalue weighted by atomic mass is 9.98. The fraction of sp³-hybridized carbons (Fsp3) is 0.667. The first kappa shape index (κ1) is 20.9. The molecule has 1 amide bonds. The molecule has 164 valence electrons. The van der Waals surface area contributed by atoms with Crippen LogP contribution < -0.4 is 10.6 Å². The van der Waals surface area contributed by atoms with Gasteiger partial charge in [-0.05, 0) is 0 Å². The molecular formula is C18H28N7O5+. The lowest BCUT2D eigenvalue weighted by Gasteiger charge is -2.40. The average Bonchev–Trinajstić information content (AvgIpc) is 3.20. The van der Waals surface area contributed by atoms with Crippen molar-refractivity contribution in [3.63, 3.8) is 0 Å². The number of likely N-dealkylation sites (N-methyl/N-ethyl adjacent to an activating group) is 1. The van der Waals surface area contributed by atoms with E-state index in [-0.39, 0.29) is 18.9 Å². The van der Waals surface area contributed by atoms with E-state index < -0.39 is 24.5 Å². The van der Waals surface area contributed by atoms with Crippen LogP contribution in [0.4, 0.5) is 5.82 Å². The summed E-state index contributed by atoms with van der Waals surface area (Å²) in [6.45, 7) is 2.83. The van der Waals surface area contributed by atoms with Crippen molar-refractivity contribution in [3.05, 3.63) is 12.7 Å². The van der Waals surface area contributed by atoms with E-state index in [4.69, 9.17) is 9.47 Å². The number of hydrogen-bond acceptors (Lipinski definition) is 9. The van der Waals surface area contributed by atoms with Gasteiger partial charge in [-0.2, -0.15) is 0 Å². The highest BCUT2D eigenvalue weighted by Gasteiger charge is 2.39. The standard InChI is InChI=1S/C18H27N7O5/c1-25(2-4-29-5-3-25)7-14(28)23-11-6-12(27)18(30-13(11)8-26)24-17-15-16(20-9-19-15)21-10-22-17/h9-13,18,26-27H,2-8H2,1H3,(H2-,19,20,21,22,23,24,28)/p+1/t11-,12+,13+,18+/m1/s1. The zero-order valence-corrected chi connectivity index (χ0v) is 16.8. The first-order valence-corrected chi connectivity index (χ1v) is 10.0. The maximum absolute atomic E-state index is 12.6. The maximum atomic E-state index is 12.6. The average molecular weight is 422 g/mol. The summed E-state index contributed by atoms with van der Waals surface area (Å²) in [7, 11) is 2.02. The van der Waals surface area contributed by atoms with E-state index in [0.29, 0.717) is 41.2 Å². The van der Waals surface area contributed by atoms with Crippen LogP contribution in [0.1, 0.15) is 6.42 Å². The van der Waals surface area contributed by atoms with Crippen molar-refractivity contribution in [1.82, 2.24) is 25.3 Å². The second-order valence-electron chi connectivity index (χ2n) is 8.06. The number of hydrogen-bond donors (Lipinski definition) is 5. The monoisotopic (exact) mass is 422 g/mol. The summed E-state index contributed by atoms with van der Waals surface area (Å²) in [6.07, 6.45) is 0.715. The van der Waals surface area contributed by atoms with Gasteiger partial charge in [-0.15, -0.1) is 0 Å². The molecule has 0 aliphatic carbocycles. The highest BCUT2D eigenvalue weighted by molar-refractivity contribution is 5.82. The van der Waals surface area contributed by atoms with Gasteiger partial charge >= 0.3 is 0 Å². The Labute approximate surface area is 173 Å². The summed E-state index contributed by atoms with van der Waals surface area (Å²) in [6, 6.07) is -0.499. The molecule has 0 spiro atoms. The first-order valence-electron chi connectivity index (χ1n) is 10.0. The van der Waals surface area contributed by atoms with Gasteiger partial charge in [-0.25, -0.2) is 15.0 Å². The third-order valence-electron chi connectivity index (χ3n) is 5.72. The number of morpholine rings is 1. The van der Waals surface area contributed by atoms with E-state index in [1.165, 1.54) is 12.7 Å². The summed E-state index contributed by atoms with van der Waals surface area (Å²) in [5.74, 6) is 0.297. The molecule has 2 aromatic rings. The van der Waals surface area contributed by atoms with Crippen LogP contribution >= 0.6 is 0 Å². The Morgan fingerprint density at radius 2 is 2.13 bits per heavy atom. The quantitative estimate of drug-likeness (QED) is 0.339. The van der Waals surface area contributed by atoms with Gasteiger partial charge in [-0.3, -0.25) is 4.79 Å². The number of aliphatic hydroxyl groups is 2. The van der Waals surface area contributed by atoms with Gasteiger partial charge in [-0.1, -0.05) is 0 Å². The van der Waals surface area contributed by atoms with E-state index in [9.17, 15) is 15.0 Å². The van der Waals surface area contributed by atoms with Crippen molar-refractivity contribution in [2.24, 2.45) is 0 Å². The van der Waals surface area contributed by atoms with Crippen molar-refractivity contribution in [2.45, 2.75) is 30.9 Å². The number of quaternary nitrogens is 1. The number of aromatic amines is 1. The maximum Gasteiger partial charge on any atom is 0.275 e.